The van der Waals surface area contributed by atoms with Crippen LogP contribution in [-0.4, -0.2) is 32.1 Å². The van der Waals surface area contributed by atoms with Gasteiger partial charge in [0.05, 0.1) is 13.7 Å². The van der Waals surface area contributed by atoms with Gasteiger partial charge in [-0.05, 0) is 60.5 Å². The molecule has 0 saturated carbocycles. The Hall–Kier alpha value is -3.86. The number of benzene rings is 3. The fraction of sp³-hybridized carbons (Fsp3) is 0.154. The Balaban J connectivity index is 1.85. The van der Waals surface area contributed by atoms with Gasteiger partial charge in [0.25, 0.3) is 0 Å². The van der Waals surface area contributed by atoms with Crippen LogP contribution in [0.3, 0.4) is 0 Å². The first-order valence-corrected chi connectivity index (χ1v) is 9.95. The van der Waals surface area contributed by atoms with Gasteiger partial charge in [-0.1, -0.05) is 42.5 Å². The lowest BCUT2D eigenvalue weighted by molar-refractivity contribution is -0.145. The van der Waals surface area contributed by atoms with Crippen LogP contribution in [0.15, 0.2) is 78.9 Å². The first-order chi connectivity index (χ1) is 15.1. The molecule has 0 aliphatic heterocycles. The zero-order valence-electron chi connectivity index (χ0n) is 17.5. The summed E-state index contributed by atoms with van der Waals surface area (Å²) in [4.78, 5) is 24.7. The fourth-order valence-corrected chi connectivity index (χ4v) is 2.97. The van der Waals surface area contributed by atoms with Crippen molar-refractivity contribution in [3.8, 4) is 11.5 Å². The molecular formula is C26H24O5. The lowest BCUT2D eigenvalue weighted by atomic mass is 9.94. The summed E-state index contributed by atoms with van der Waals surface area (Å²) in [5.41, 5.74) is 2.81. The highest BCUT2D eigenvalue weighted by molar-refractivity contribution is 6.32. The smallest absolute Gasteiger partial charge is 0.344 e. The summed E-state index contributed by atoms with van der Waals surface area (Å²) >= 11 is 0. The van der Waals surface area contributed by atoms with Gasteiger partial charge in [-0.2, -0.15) is 0 Å². The van der Waals surface area contributed by atoms with E-state index in [0.29, 0.717) is 29.2 Å². The van der Waals surface area contributed by atoms with Crippen LogP contribution in [0.5, 0.6) is 11.5 Å². The third-order valence-electron chi connectivity index (χ3n) is 4.53. The van der Waals surface area contributed by atoms with E-state index in [2.05, 4.69) is 0 Å². The van der Waals surface area contributed by atoms with Crippen LogP contribution in [0.1, 0.15) is 28.4 Å². The minimum atomic E-state index is -0.414. The average molecular weight is 416 g/mol. The third-order valence-corrected chi connectivity index (χ3v) is 4.53. The number of hydrogen-bond donors (Lipinski definition) is 0. The van der Waals surface area contributed by atoms with Crippen LogP contribution in [0.25, 0.3) is 11.6 Å². The second-order valence-corrected chi connectivity index (χ2v) is 6.64. The molecular weight excluding hydrogens is 392 g/mol. The summed E-state index contributed by atoms with van der Waals surface area (Å²) < 4.78 is 15.5. The third kappa shape index (κ3) is 6.06. The van der Waals surface area contributed by atoms with Gasteiger partial charge < -0.3 is 14.2 Å². The Morgan fingerprint density at radius 1 is 0.806 bits per heavy atom. The molecule has 0 spiro atoms. The van der Waals surface area contributed by atoms with Gasteiger partial charge in [-0.25, -0.2) is 4.79 Å². The Morgan fingerprint density at radius 3 is 2.06 bits per heavy atom. The Labute approximate surface area is 181 Å². The van der Waals surface area contributed by atoms with Crippen LogP contribution in [0, 0.1) is 0 Å². The molecule has 0 amide bonds. The van der Waals surface area contributed by atoms with Gasteiger partial charge in [0.2, 0.25) is 0 Å². The number of ketones is 1. The number of carbonyl (C=O) groups excluding carboxylic acids is 2. The minimum absolute atomic E-state index is 0.0866. The normalized spacial score (nSPS) is 11.0. The summed E-state index contributed by atoms with van der Waals surface area (Å²) in [7, 11) is 1.59. The molecule has 0 unspecified atom stereocenters. The van der Waals surface area contributed by atoms with E-state index < -0.39 is 5.97 Å². The second kappa shape index (κ2) is 10.8. The summed E-state index contributed by atoms with van der Waals surface area (Å²) in [5.74, 6) is 0.743. The molecule has 0 aromatic heterocycles. The molecule has 3 aromatic carbocycles. The number of ether oxygens (including phenoxy) is 3. The van der Waals surface area contributed by atoms with Gasteiger partial charge in [0.1, 0.15) is 11.5 Å². The molecule has 0 heterocycles. The van der Waals surface area contributed by atoms with Gasteiger partial charge in [-0.15, -0.1) is 0 Å². The lowest BCUT2D eigenvalue weighted by Gasteiger charge is -2.09. The van der Waals surface area contributed by atoms with Crippen molar-refractivity contribution in [3.05, 3.63) is 95.6 Å². The van der Waals surface area contributed by atoms with E-state index in [0.717, 1.165) is 11.1 Å². The van der Waals surface area contributed by atoms with Gasteiger partial charge >= 0.3 is 5.97 Å². The quantitative estimate of drug-likeness (QED) is 0.211. The molecule has 0 saturated heterocycles. The number of esters is 1. The highest BCUT2D eigenvalue weighted by Crippen LogP contribution is 2.25. The molecule has 5 heteroatoms. The maximum Gasteiger partial charge on any atom is 0.344 e. The van der Waals surface area contributed by atoms with E-state index in [1.54, 1.807) is 50.4 Å². The Morgan fingerprint density at radius 2 is 1.45 bits per heavy atom. The number of rotatable bonds is 9. The van der Waals surface area contributed by atoms with Crippen LogP contribution >= 0.6 is 0 Å². The fourth-order valence-electron chi connectivity index (χ4n) is 2.97. The van der Waals surface area contributed by atoms with Crippen molar-refractivity contribution >= 4 is 23.4 Å². The van der Waals surface area contributed by atoms with Crippen LogP contribution in [-0.2, 0) is 9.53 Å². The lowest BCUT2D eigenvalue weighted by Crippen LogP contribution is -2.14. The van der Waals surface area contributed by atoms with E-state index in [1.165, 1.54) is 0 Å². The van der Waals surface area contributed by atoms with Crippen molar-refractivity contribution in [2.45, 2.75) is 6.92 Å². The minimum Gasteiger partial charge on any atom is -0.497 e. The van der Waals surface area contributed by atoms with Crippen LogP contribution in [0.2, 0.25) is 0 Å². The molecule has 31 heavy (non-hydrogen) atoms. The van der Waals surface area contributed by atoms with Gasteiger partial charge in [-0.3, -0.25) is 4.79 Å². The maximum atomic E-state index is 13.3. The summed E-state index contributed by atoms with van der Waals surface area (Å²) in [6.45, 7) is 1.92. The van der Waals surface area contributed by atoms with E-state index in [4.69, 9.17) is 14.2 Å². The molecule has 0 bridgehead atoms. The van der Waals surface area contributed by atoms with Crippen molar-refractivity contribution in [3.63, 3.8) is 0 Å². The summed E-state index contributed by atoms with van der Waals surface area (Å²) in [6.07, 6.45) is 1.84. The molecule has 0 aliphatic carbocycles. The number of carbonyl (C=O) groups is 2. The second-order valence-electron chi connectivity index (χ2n) is 6.64. The van der Waals surface area contributed by atoms with E-state index in [9.17, 15) is 9.59 Å². The van der Waals surface area contributed by atoms with Crippen LogP contribution < -0.4 is 9.47 Å². The van der Waals surface area contributed by atoms with E-state index in [1.807, 2.05) is 48.5 Å². The average Bonchev–Trinajstić information content (AvgIpc) is 2.82. The molecule has 0 radical (unpaired) electrons. The Kier molecular flexibility index (Phi) is 7.60. The largest absolute Gasteiger partial charge is 0.497 e. The number of methoxy groups -OCH3 is 1. The first kappa shape index (κ1) is 21.8. The molecule has 0 aliphatic rings. The molecule has 0 atom stereocenters. The molecule has 3 rings (SSSR count). The predicted octanol–water partition coefficient (Wildman–Crippen LogP) is 5.06. The van der Waals surface area contributed by atoms with Gasteiger partial charge in [0.15, 0.2) is 12.4 Å². The zero-order chi connectivity index (χ0) is 22.1. The summed E-state index contributed by atoms with van der Waals surface area (Å²) in [5, 5.41) is 0. The predicted molar refractivity (Wildman–Crippen MR) is 120 cm³/mol. The maximum absolute atomic E-state index is 13.3. The Bertz CT molecular complexity index is 1040. The number of allylic oxidation sites excluding steroid dienone is 1. The molecule has 5 nitrogen and oxygen atoms in total. The molecule has 0 N–H and O–H groups in total. The standard InChI is InChI=1S/C26H24O5/c1-3-30-25(27)18-31-23-13-9-19(10-14-23)17-24(20-7-5-4-6-8-20)26(28)21-11-15-22(29-2)16-12-21/h4-17H,3,18H2,1-2H3/b24-17+. The van der Waals surface area contributed by atoms with Crippen LogP contribution in [0.4, 0.5) is 0 Å². The molecule has 3 aromatic rings. The van der Waals surface area contributed by atoms with Gasteiger partial charge in [0, 0.05) is 11.1 Å². The zero-order valence-corrected chi connectivity index (χ0v) is 17.5. The van der Waals surface area contributed by atoms with E-state index >= 15 is 0 Å². The van der Waals surface area contributed by atoms with Crippen molar-refractivity contribution in [2.24, 2.45) is 0 Å². The van der Waals surface area contributed by atoms with Crippen molar-refractivity contribution in [2.75, 3.05) is 20.3 Å². The highest BCUT2D eigenvalue weighted by atomic mass is 16.6. The number of hydrogen-bond acceptors (Lipinski definition) is 5. The number of Topliss-reactive ketones (excluding diaryl/α,β-unsaturated/α-hetero) is 1. The first-order valence-electron chi connectivity index (χ1n) is 9.95. The summed E-state index contributed by atoms with van der Waals surface area (Å²) in [6, 6.07) is 23.8. The van der Waals surface area contributed by atoms with E-state index in [-0.39, 0.29) is 12.4 Å². The topological polar surface area (TPSA) is 61.8 Å². The van der Waals surface area contributed by atoms with Crippen molar-refractivity contribution in [1.82, 2.24) is 0 Å². The van der Waals surface area contributed by atoms with Crippen molar-refractivity contribution < 1.29 is 23.8 Å². The van der Waals surface area contributed by atoms with Crippen molar-refractivity contribution in [1.29, 1.82) is 0 Å². The monoisotopic (exact) mass is 416 g/mol. The SMILES string of the molecule is CCOC(=O)COc1ccc(/C=C(/C(=O)c2ccc(OC)cc2)c2ccccc2)cc1. The molecule has 158 valence electrons. The highest BCUT2D eigenvalue weighted by Gasteiger charge is 2.15. The molecule has 0 fully saturated rings.